The van der Waals surface area contributed by atoms with Gasteiger partial charge in [0, 0.05) is 25.5 Å². The van der Waals surface area contributed by atoms with Crippen LogP contribution >= 0.6 is 0 Å². The van der Waals surface area contributed by atoms with E-state index < -0.39 is 0 Å². The molecule has 2 aromatic carbocycles. The second-order valence-corrected chi connectivity index (χ2v) is 8.55. The highest BCUT2D eigenvalue weighted by Crippen LogP contribution is 2.24. The Labute approximate surface area is 218 Å². The standard InChI is InChI=1S/C30H35N3O.C2H6/c1-5-12-27(13-6-2)28-19-17-26(18-20-28)24(3)23-33(31-4)30(34)32-21-11-10-16-29(32)22-25-14-8-7-9-15-25;1-2/h5-9,12-15,17-20,23,29H,1,4,10-11,16,21-22H2,2-3H3;1-2H3/b13-6-,24-23+,27-12+;. The third-order valence-corrected chi connectivity index (χ3v) is 6.17. The van der Waals surface area contributed by atoms with Gasteiger partial charge in [0.2, 0.25) is 0 Å². The minimum Gasteiger partial charge on any atom is -0.320 e. The molecule has 0 radical (unpaired) electrons. The van der Waals surface area contributed by atoms with E-state index in [1.165, 1.54) is 10.6 Å². The molecule has 1 aliphatic heterocycles. The van der Waals surface area contributed by atoms with Gasteiger partial charge in [0.25, 0.3) is 0 Å². The molecule has 4 heteroatoms. The molecule has 1 atom stereocenters. The van der Waals surface area contributed by atoms with Crippen LogP contribution in [0.25, 0.3) is 11.1 Å². The van der Waals surface area contributed by atoms with E-state index in [2.05, 4.69) is 60.9 Å². The van der Waals surface area contributed by atoms with Crippen LogP contribution in [-0.4, -0.2) is 35.2 Å². The second-order valence-electron chi connectivity index (χ2n) is 8.55. The molecule has 2 aromatic rings. The number of nitrogens with zero attached hydrogens (tertiary/aromatic N) is 3. The summed E-state index contributed by atoms with van der Waals surface area (Å²) in [5.74, 6) is 0. The Bertz CT molecular complexity index is 1060. The predicted octanol–water partition coefficient (Wildman–Crippen LogP) is 8.35. The highest BCUT2D eigenvalue weighted by molar-refractivity contribution is 5.79. The minimum absolute atomic E-state index is 0.115. The molecule has 0 N–H and O–H groups in total. The minimum atomic E-state index is -0.115. The topological polar surface area (TPSA) is 35.9 Å². The quantitative estimate of drug-likeness (QED) is 0.211. The van der Waals surface area contributed by atoms with Crippen molar-refractivity contribution in [2.24, 2.45) is 5.10 Å². The lowest BCUT2D eigenvalue weighted by molar-refractivity contribution is 0.128. The van der Waals surface area contributed by atoms with Crippen LogP contribution in [0.5, 0.6) is 0 Å². The average molecular weight is 484 g/mol. The first-order valence-electron chi connectivity index (χ1n) is 12.9. The SMILES string of the molecule is C=C/C=C(\C=C/C)c1ccc(/C(C)=C/N(N=C)C(=O)N2CCCCC2Cc2ccccc2)cc1.CC. The molecule has 0 bridgehead atoms. The van der Waals surface area contributed by atoms with Crippen molar-refractivity contribution in [2.45, 2.75) is 59.4 Å². The molecule has 0 aliphatic carbocycles. The van der Waals surface area contributed by atoms with Crippen LogP contribution in [0.2, 0.25) is 0 Å². The number of piperidine rings is 1. The van der Waals surface area contributed by atoms with Crippen LogP contribution in [0.15, 0.2) is 96.8 Å². The third-order valence-electron chi connectivity index (χ3n) is 6.17. The van der Waals surface area contributed by atoms with Crippen molar-refractivity contribution in [1.82, 2.24) is 9.91 Å². The van der Waals surface area contributed by atoms with Crippen molar-refractivity contribution in [3.8, 4) is 0 Å². The van der Waals surface area contributed by atoms with Gasteiger partial charge in [-0.1, -0.05) is 99.3 Å². The molecule has 2 amide bonds. The van der Waals surface area contributed by atoms with E-state index in [9.17, 15) is 4.79 Å². The fourth-order valence-electron chi connectivity index (χ4n) is 4.38. The van der Waals surface area contributed by atoms with Gasteiger partial charge in [0.05, 0.1) is 0 Å². The third kappa shape index (κ3) is 7.94. The maximum atomic E-state index is 13.4. The Hall–Kier alpha value is -3.66. The summed E-state index contributed by atoms with van der Waals surface area (Å²) in [6.45, 7) is 16.2. The Balaban J connectivity index is 0.00000222. The number of carbonyl (C=O) groups excluding carboxylic acids is 1. The number of hydrogen-bond acceptors (Lipinski definition) is 2. The molecular formula is C32H41N3O. The van der Waals surface area contributed by atoms with Crippen LogP contribution in [0.3, 0.4) is 0 Å². The number of carbonyl (C=O) groups is 1. The van der Waals surface area contributed by atoms with Crippen molar-refractivity contribution in [3.63, 3.8) is 0 Å². The zero-order valence-electron chi connectivity index (χ0n) is 22.4. The van der Waals surface area contributed by atoms with E-state index in [1.807, 2.05) is 62.9 Å². The summed E-state index contributed by atoms with van der Waals surface area (Å²) in [5, 5.41) is 5.44. The lowest BCUT2D eigenvalue weighted by Gasteiger charge is -2.37. The van der Waals surface area contributed by atoms with E-state index in [4.69, 9.17) is 0 Å². The number of urea groups is 1. The fourth-order valence-corrected chi connectivity index (χ4v) is 4.38. The molecule has 4 nitrogen and oxygen atoms in total. The van der Waals surface area contributed by atoms with Crippen LogP contribution in [-0.2, 0) is 6.42 Å². The number of benzene rings is 2. The van der Waals surface area contributed by atoms with Gasteiger partial charge in [-0.15, -0.1) is 0 Å². The number of hydrazone groups is 1. The molecule has 1 saturated heterocycles. The average Bonchev–Trinajstić information content (AvgIpc) is 2.93. The zero-order valence-corrected chi connectivity index (χ0v) is 22.4. The molecule has 1 aliphatic rings. The smallest absolute Gasteiger partial charge is 0.320 e. The lowest BCUT2D eigenvalue weighted by atomic mass is 9.96. The van der Waals surface area contributed by atoms with Gasteiger partial charge < -0.3 is 4.90 Å². The number of likely N-dealkylation sites (tertiary alicyclic amines) is 1. The van der Waals surface area contributed by atoms with E-state index in [0.717, 1.165) is 54.5 Å². The van der Waals surface area contributed by atoms with Crippen LogP contribution in [0.4, 0.5) is 4.79 Å². The van der Waals surface area contributed by atoms with Gasteiger partial charge in [0.15, 0.2) is 0 Å². The summed E-state index contributed by atoms with van der Waals surface area (Å²) in [5.41, 5.74) is 5.44. The summed E-state index contributed by atoms with van der Waals surface area (Å²) in [6, 6.07) is 18.7. The molecular weight excluding hydrogens is 442 g/mol. The van der Waals surface area contributed by atoms with E-state index in [1.54, 1.807) is 12.3 Å². The molecule has 0 spiro atoms. The van der Waals surface area contributed by atoms with Gasteiger partial charge in [-0.2, -0.15) is 10.1 Å². The Morgan fingerprint density at radius 2 is 1.75 bits per heavy atom. The van der Waals surface area contributed by atoms with Crippen LogP contribution < -0.4 is 0 Å². The van der Waals surface area contributed by atoms with Gasteiger partial charge >= 0.3 is 6.03 Å². The largest absolute Gasteiger partial charge is 0.344 e. The normalized spacial score (nSPS) is 16.2. The van der Waals surface area contributed by atoms with Gasteiger partial charge in [0.1, 0.15) is 0 Å². The second kappa shape index (κ2) is 15.4. The van der Waals surface area contributed by atoms with Gasteiger partial charge in [-0.25, -0.2) is 4.79 Å². The maximum Gasteiger partial charge on any atom is 0.344 e. The molecule has 190 valence electrons. The fraction of sp³-hybridized carbons (Fsp3) is 0.312. The zero-order chi connectivity index (χ0) is 26.3. The number of amides is 2. The highest BCUT2D eigenvalue weighted by atomic mass is 16.2. The highest BCUT2D eigenvalue weighted by Gasteiger charge is 2.29. The molecule has 3 rings (SSSR count). The maximum absolute atomic E-state index is 13.4. The summed E-state index contributed by atoms with van der Waals surface area (Å²) in [6.07, 6.45) is 13.6. The van der Waals surface area contributed by atoms with Crippen molar-refractivity contribution in [3.05, 3.63) is 108 Å². The van der Waals surface area contributed by atoms with Crippen molar-refractivity contribution in [1.29, 1.82) is 0 Å². The summed E-state index contributed by atoms with van der Waals surface area (Å²) in [7, 11) is 0. The van der Waals surface area contributed by atoms with E-state index >= 15 is 0 Å². The summed E-state index contributed by atoms with van der Waals surface area (Å²) in [4.78, 5) is 15.4. The Kier molecular flexibility index (Phi) is 12.2. The van der Waals surface area contributed by atoms with Crippen LogP contribution in [0.1, 0.15) is 63.6 Å². The number of rotatable bonds is 8. The number of hydrogen-bond donors (Lipinski definition) is 0. The monoisotopic (exact) mass is 483 g/mol. The first-order chi connectivity index (χ1) is 17.6. The van der Waals surface area contributed by atoms with Crippen molar-refractivity contribution in [2.75, 3.05) is 6.54 Å². The van der Waals surface area contributed by atoms with E-state index in [0.29, 0.717) is 0 Å². The van der Waals surface area contributed by atoms with Crippen molar-refractivity contribution < 1.29 is 4.79 Å². The van der Waals surface area contributed by atoms with Gasteiger partial charge in [-0.05, 0) is 67.4 Å². The number of allylic oxidation sites excluding steroid dienone is 6. The summed E-state index contributed by atoms with van der Waals surface area (Å²) >= 11 is 0. The van der Waals surface area contributed by atoms with Gasteiger partial charge in [-0.3, -0.25) is 0 Å². The van der Waals surface area contributed by atoms with E-state index in [-0.39, 0.29) is 12.1 Å². The molecule has 0 saturated carbocycles. The van der Waals surface area contributed by atoms with Crippen LogP contribution in [0, 0.1) is 0 Å². The first-order valence-corrected chi connectivity index (χ1v) is 12.9. The molecule has 1 fully saturated rings. The summed E-state index contributed by atoms with van der Waals surface area (Å²) < 4.78 is 0. The Morgan fingerprint density at radius 3 is 2.36 bits per heavy atom. The molecule has 36 heavy (non-hydrogen) atoms. The molecule has 1 unspecified atom stereocenters. The van der Waals surface area contributed by atoms with Crippen molar-refractivity contribution >= 4 is 23.9 Å². The first kappa shape index (κ1) is 28.6. The molecule has 0 aromatic heterocycles. The lowest BCUT2D eigenvalue weighted by Crippen LogP contribution is -2.48. The molecule has 1 heterocycles. The Morgan fingerprint density at radius 1 is 1.08 bits per heavy atom. The predicted molar refractivity (Wildman–Crippen MR) is 156 cm³/mol.